The summed E-state index contributed by atoms with van der Waals surface area (Å²) in [7, 11) is 0. The van der Waals surface area contributed by atoms with Gasteiger partial charge in [-0.3, -0.25) is 4.79 Å². The molecule has 0 rings (SSSR count). The van der Waals surface area contributed by atoms with E-state index >= 15 is 0 Å². The lowest BCUT2D eigenvalue weighted by molar-refractivity contribution is -0.141. The SMILES string of the molecule is CCCCCCCCCCCCC(=S)SC(C)(C#N)CC(C)C(=O)O. The van der Waals surface area contributed by atoms with Gasteiger partial charge < -0.3 is 5.11 Å². The summed E-state index contributed by atoms with van der Waals surface area (Å²) in [6.07, 6.45) is 14.1. The van der Waals surface area contributed by atoms with Crippen molar-refractivity contribution in [3.8, 4) is 6.07 Å². The zero-order valence-electron chi connectivity index (χ0n) is 16.2. The number of aliphatic carboxylic acids is 1. The van der Waals surface area contributed by atoms with Crippen molar-refractivity contribution in [3.05, 3.63) is 0 Å². The van der Waals surface area contributed by atoms with Gasteiger partial charge in [0.05, 0.1) is 12.0 Å². The van der Waals surface area contributed by atoms with Crippen molar-refractivity contribution in [1.29, 1.82) is 5.26 Å². The van der Waals surface area contributed by atoms with Gasteiger partial charge in [0.15, 0.2) is 0 Å². The topological polar surface area (TPSA) is 61.1 Å². The Morgan fingerprint density at radius 2 is 1.60 bits per heavy atom. The molecule has 0 aromatic heterocycles. The van der Waals surface area contributed by atoms with Crippen molar-refractivity contribution < 1.29 is 9.90 Å². The Morgan fingerprint density at radius 3 is 2.04 bits per heavy atom. The molecule has 0 aliphatic heterocycles. The Kier molecular flexibility index (Phi) is 14.2. The second-order valence-electron chi connectivity index (χ2n) is 7.19. The molecule has 5 heteroatoms. The lowest BCUT2D eigenvalue weighted by atomic mass is 9.98. The summed E-state index contributed by atoms with van der Waals surface area (Å²) >= 11 is 6.79. The fourth-order valence-electron chi connectivity index (χ4n) is 2.84. The number of unbranched alkanes of at least 4 members (excludes halogenated alkanes) is 9. The Bertz CT molecular complexity index is 434. The van der Waals surface area contributed by atoms with Crippen molar-refractivity contribution >= 4 is 34.1 Å². The van der Waals surface area contributed by atoms with Gasteiger partial charge in [-0.15, -0.1) is 0 Å². The minimum absolute atomic E-state index is 0.321. The minimum Gasteiger partial charge on any atom is -0.481 e. The molecule has 1 N–H and O–H groups in total. The van der Waals surface area contributed by atoms with E-state index in [2.05, 4.69) is 13.0 Å². The molecule has 0 aliphatic carbocycles. The first-order valence-corrected chi connectivity index (χ1v) is 10.9. The van der Waals surface area contributed by atoms with E-state index in [0.717, 1.165) is 17.0 Å². The molecule has 2 unspecified atom stereocenters. The van der Waals surface area contributed by atoms with Gasteiger partial charge in [0.2, 0.25) is 0 Å². The molecule has 0 heterocycles. The lowest BCUT2D eigenvalue weighted by Crippen LogP contribution is -2.26. The summed E-state index contributed by atoms with van der Waals surface area (Å²) < 4.78 is 0.0918. The number of carbonyl (C=O) groups is 1. The van der Waals surface area contributed by atoms with Crippen LogP contribution in [0.1, 0.15) is 97.8 Å². The molecule has 0 amide bonds. The number of thioether (sulfide) groups is 1. The first kappa shape index (κ1) is 24.4. The first-order chi connectivity index (χ1) is 11.8. The summed E-state index contributed by atoms with van der Waals surface area (Å²) in [6.45, 7) is 5.68. The third-order valence-electron chi connectivity index (χ3n) is 4.43. The van der Waals surface area contributed by atoms with Crippen LogP contribution in [0.2, 0.25) is 0 Å². The number of nitriles is 1. The zero-order valence-corrected chi connectivity index (χ0v) is 17.8. The number of thiocarbonyl (C=S) groups is 1. The average Bonchev–Trinajstić information content (AvgIpc) is 2.56. The summed E-state index contributed by atoms with van der Waals surface area (Å²) in [5.74, 6) is -1.39. The van der Waals surface area contributed by atoms with Gasteiger partial charge >= 0.3 is 5.97 Å². The van der Waals surface area contributed by atoms with Gasteiger partial charge in [0.25, 0.3) is 0 Å². The number of carboxylic acid groups (broad SMARTS) is 1. The van der Waals surface area contributed by atoms with Crippen LogP contribution in [0, 0.1) is 17.2 Å². The Balaban J connectivity index is 3.81. The number of rotatable bonds is 15. The molecule has 25 heavy (non-hydrogen) atoms. The van der Waals surface area contributed by atoms with E-state index < -0.39 is 16.6 Å². The molecular formula is C20H35NO2S2. The molecule has 0 radical (unpaired) electrons. The van der Waals surface area contributed by atoms with Gasteiger partial charge in [0.1, 0.15) is 4.75 Å². The highest BCUT2D eigenvalue weighted by atomic mass is 32.2. The van der Waals surface area contributed by atoms with Gasteiger partial charge in [-0.1, -0.05) is 95.6 Å². The predicted octanol–water partition coefficient (Wildman–Crippen LogP) is 6.75. The number of hydrogen-bond donors (Lipinski definition) is 1. The Morgan fingerprint density at radius 1 is 1.12 bits per heavy atom. The summed E-state index contributed by atoms with van der Waals surface area (Å²) in [5.41, 5.74) is 0. The zero-order chi connectivity index (χ0) is 19.1. The van der Waals surface area contributed by atoms with E-state index in [1.807, 2.05) is 0 Å². The van der Waals surface area contributed by atoms with Crippen molar-refractivity contribution in [2.75, 3.05) is 0 Å². The average molecular weight is 386 g/mol. The molecule has 0 fully saturated rings. The Labute approximate surface area is 164 Å². The van der Waals surface area contributed by atoms with Crippen LogP contribution >= 0.6 is 24.0 Å². The second kappa shape index (κ2) is 14.6. The van der Waals surface area contributed by atoms with E-state index in [9.17, 15) is 10.1 Å². The van der Waals surface area contributed by atoms with Crippen molar-refractivity contribution in [3.63, 3.8) is 0 Å². The quantitative estimate of drug-likeness (QED) is 0.249. The predicted molar refractivity (Wildman–Crippen MR) is 112 cm³/mol. The minimum atomic E-state index is -0.859. The number of nitrogens with zero attached hydrogens (tertiary/aromatic N) is 1. The molecule has 0 spiro atoms. The van der Waals surface area contributed by atoms with E-state index in [4.69, 9.17) is 17.3 Å². The fraction of sp³-hybridized carbons (Fsp3) is 0.850. The molecule has 0 bridgehead atoms. The maximum atomic E-state index is 11.0. The van der Waals surface area contributed by atoms with Crippen LogP contribution in [-0.2, 0) is 4.79 Å². The molecule has 0 aromatic carbocycles. The molecule has 0 saturated heterocycles. The molecule has 0 saturated carbocycles. The van der Waals surface area contributed by atoms with Crippen LogP contribution in [0.5, 0.6) is 0 Å². The molecule has 3 nitrogen and oxygen atoms in total. The van der Waals surface area contributed by atoms with E-state index in [0.29, 0.717) is 6.42 Å². The van der Waals surface area contributed by atoms with Gasteiger partial charge in [0, 0.05) is 4.20 Å². The van der Waals surface area contributed by atoms with Crippen LogP contribution < -0.4 is 0 Å². The third kappa shape index (κ3) is 13.3. The van der Waals surface area contributed by atoms with Crippen LogP contribution in [0.3, 0.4) is 0 Å². The molecule has 2 atom stereocenters. The van der Waals surface area contributed by atoms with Crippen molar-refractivity contribution in [2.24, 2.45) is 5.92 Å². The Hall–Kier alpha value is -0.600. The summed E-state index contributed by atoms with van der Waals surface area (Å²) in [4.78, 5) is 11.0. The van der Waals surface area contributed by atoms with Gasteiger partial charge in [-0.25, -0.2) is 0 Å². The van der Waals surface area contributed by atoms with Gasteiger partial charge in [-0.2, -0.15) is 5.26 Å². The summed E-state index contributed by atoms with van der Waals surface area (Å²) in [6, 6.07) is 2.25. The van der Waals surface area contributed by atoms with Crippen LogP contribution in [0.25, 0.3) is 0 Å². The first-order valence-electron chi connectivity index (χ1n) is 9.70. The van der Waals surface area contributed by atoms with Gasteiger partial charge in [-0.05, 0) is 26.2 Å². The van der Waals surface area contributed by atoms with Crippen molar-refractivity contribution in [1.82, 2.24) is 0 Å². The van der Waals surface area contributed by atoms with Crippen molar-refractivity contribution in [2.45, 2.75) is 103 Å². The van der Waals surface area contributed by atoms with Crippen LogP contribution in [0.15, 0.2) is 0 Å². The van der Waals surface area contributed by atoms with Crippen LogP contribution in [-0.4, -0.2) is 20.0 Å². The third-order valence-corrected chi connectivity index (χ3v) is 6.02. The standard InChI is InChI=1S/C20H35NO2S2/c1-4-5-6-7-8-9-10-11-12-13-14-18(24)25-20(3,16-21)15-17(2)19(22)23/h17H,4-15H2,1-3H3,(H,22,23). The molecule has 0 aliphatic rings. The van der Waals surface area contributed by atoms with E-state index in [1.54, 1.807) is 13.8 Å². The normalized spacial score (nSPS) is 14.5. The number of carboxylic acids is 1. The lowest BCUT2D eigenvalue weighted by Gasteiger charge is -2.23. The highest BCUT2D eigenvalue weighted by Gasteiger charge is 2.31. The molecule has 0 aromatic rings. The fourth-order valence-corrected chi connectivity index (χ4v) is 4.66. The maximum absolute atomic E-state index is 11.0. The maximum Gasteiger partial charge on any atom is 0.306 e. The highest BCUT2D eigenvalue weighted by molar-refractivity contribution is 8.24. The van der Waals surface area contributed by atoms with Crippen LogP contribution in [0.4, 0.5) is 0 Å². The summed E-state index contributed by atoms with van der Waals surface area (Å²) in [5, 5.41) is 18.4. The smallest absolute Gasteiger partial charge is 0.306 e. The molecular weight excluding hydrogens is 350 g/mol. The second-order valence-corrected chi connectivity index (χ2v) is 9.54. The monoisotopic (exact) mass is 385 g/mol. The van der Waals surface area contributed by atoms with E-state index in [1.165, 1.54) is 69.5 Å². The largest absolute Gasteiger partial charge is 0.481 e. The van der Waals surface area contributed by atoms with E-state index in [-0.39, 0.29) is 0 Å². The highest BCUT2D eigenvalue weighted by Crippen LogP contribution is 2.34. The molecule has 144 valence electrons. The number of hydrogen-bond acceptors (Lipinski definition) is 4.